The Bertz CT molecular complexity index is 1600. The minimum Gasteiger partial charge on any atom is -0.345 e. The highest BCUT2D eigenvalue weighted by Gasteiger charge is 2.32. The fourth-order valence-corrected chi connectivity index (χ4v) is 5.26. The van der Waals surface area contributed by atoms with E-state index in [9.17, 15) is 13.2 Å². The number of fused-ring (bicyclic) bond motifs is 1. The number of carbonyl (C=O) groups excluding carboxylic acids is 1. The maximum Gasteiger partial charge on any atom is 0.272 e. The third kappa shape index (κ3) is 4.07. The Balaban J connectivity index is 1.66. The van der Waals surface area contributed by atoms with E-state index in [0.29, 0.717) is 16.1 Å². The predicted molar refractivity (Wildman–Crippen MR) is 133 cm³/mol. The molecule has 6 nitrogen and oxygen atoms in total. The average molecular weight is 488 g/mol. The molecule has 1 N–H and O–H groups in total. The van der Waals surface area contributed by atoms with Crippen molar-refractivity contribution < 1.29 is 13.2 Å². The van der Waals surface area contributed by atoms with Crippen LogP contribution in [0.15, 0.2) is 108 Å². The summed E-state index contributed by atoms with van der Waals surface area (Å²) in [6.07, 6.45) is 1.52. The van der Waals surface area contributed by atoms with E-state index in [2.05, 4.69) is 9.97 Å². The summed E-state index contributed by atoms with van der Waals surface area (Å²) in [5.74, 6) is -0.673. The van der Waals surface area contributed by atoms with Gasteiger partial charge in [-0.2, -0.15) is 4.31 Å². The molecule has 1 aromatic heterocycles. The van der Waals surface area contributed by atoms with Gasteiger partial charge in [0, 0.05) is 10.6 Å². The number of anilines is 1. The lowest BCUT2D eigenvalue weighted by molar-refractivity contribution is 0.101. The first-order valence-corrected chi connectivity index (χ1v) is 12.2. The highest BCUT2D eigenvalue weighted by atomic mass is 35.5. The zero-order valence-corrected chi connectivity index (χ0v) is 19.3. The van der Waals surface area contributed by atoms with Crippen molar-refractivity contribution in [3.05, 3.63) is 114 Å². The third-order valence-electron chi connectivity index (χ3n) is 5.39. The summed E-state index contributed by atoms with van der Waals surface area (Å²) in [6, 6.07) is 26.8. The van der Waals surface area contributed by atoms with E-state index in [1.807, 2.05) is 18.2 Å². The Labute approximate surface area is 201 Å². The lowest BCUT2D eigenvalue weighted by atomic mass is 10.1. The van der Waals surface area contributed by atoms with Crippen molar-refractivity contribution in [3.8, 4) is 11.1 Å². The van der Waals surface area contributed by atoms with Crippen LogP contribution in [0.4, 0.5) is 5.69 Å². The summed E-state index contributed by atoms with van der Waals surface area (Å²) in [4.78, 5) is 20.9. The van der Waals surface area contributed by atoms with Crippen molar-refractivity contribution in [2.24, 2.45) is 0 Å². The molecule has 0 aliphatic rings. The molecule has 0 unspecified atom stereocenters. The van der Waals surface area contributed by atoms with Gasteiger partial charge in [0.25, 0.3) is 15.9 Å². The van der Waals surface area contributed by atoms with Crippen LogP contribution >= 0.6 is 11.6 Å². The standard InChI is InChI=1S/C26H18ClN3O3S/c27-21-12-9-18(10-13-21)19-5-4-6-22(15-19)30(34(32,33)23-7-2-1-3-8-23)26(31)20-11-14-24-25(16-20)29-17-28-24/h1-17H,(H,28,29). The molecule has 1 heterocycles. The van der Waals surface area contributed by atoms with Gasteiger partial charge in [-0.15, -0.1) is 0 Å². The molecular formula is C26H18ClN3O3S. The number of carbonyl (C=O) groups is 1. The number of rotatable bonds is 5. The number of imidazole rings is 1. The molecular weight excluding hydrogens is 470 g/mol. The maximum atomic E-state index is 13.7. The number of sulfonamides is 1. The zero-order chi connectivity index (χ0) is 23.7. The van der Waals surface area contributed by atoms with Gasteiger partial charge < -0.3 is 4.98 Å². The summed E-state index contributed by atoms with van der Waals surface area (Å²) in [7, 11) is -4.21. The molecule has 34 heavy (non-hydrogen) atoms. The number of benzene rings is 4. The van der Waals surface area contributed by atoms with E-state index in [0.717, 1.165) is 15.4 Å². The van der Waals surface area contributed by atoms with Crippen molar-refractivity contribution in [2.75, 3.05) is 4.31 Å². The zero-order valence-electron chi connectivity index (χ0n) is 17.7. The van der Waals surface area contributed by atoms with Gasteiger partial charge in [0.05, 0.1) is 27.9 Å². The molecule has 0 saturated carbocycles. The van der Waals surface area contributed by atoms with Gasteiger partial charge in [-0.05, 0) is 65.7 Å². The van der Waals surface area contributed by atoms with Crippen LogP contribution in [0.25, 0.3) is 22.2 Å². The SMILES string of the molecule is O=C(c1ccc2nc[nH]c2c1)N(c1cccc(-c2ccc(Cl)cc2)c1)S(=O)(=O)c1ccccc1. The van der Waals surface area contributed by atoms with Gasteiger partial charge in [-0.3, -0.25) is 4.79 Å². The Hall–Kier alpha value is -3.94. The highest BCUT2D eigenvalue weighted by molar-refractivity contribution is 7.93. The van der Waals surface area contributed by atoms with Gasteiger partial charge in [-0.1, -0.05) is 54.1 Å². The van der Waals surface area contributed by atoms with Gasteiger partial charge in [0.1, 0.15) is 0 Å². The molecule has 5 rings (SSSR count). The minimum atomic E-state index is -4.21. The number of hydrogen-bond acceptors (Lipinski definition) is 4. The Morgan fingerprint density at radius 1 is 0.824 bits per heavy atom. The van der Waals surface area contributed by atoms with E-state index < -0.39 is 15.9 Å². The molecule has 1 amide bonds. The van der Waals surface area contributed by atoms with E-state index in [1.165, 1.54) is 18.5 Å². The molecule has 0 saturated heterocycles. The molecule has 5 aromatic rings. The molecule has 168 valence electrons. The second-order valence-corrected chi connectivity index (χ2v) is 9.80. The number of nitrogens with one attached hydrogen (secondary N) is 1. The van der Waals surface area contributed by atoms with Crippen molar-refractivity contribution in [3.63, 3.8) is 0 Å². The van der Waals surface area contributed by atoms with Crippen LogP contribution in [0, 0.1) is 0 Å². The van der Waals surface area contributed by atoms with Crippen molar-refractivity contribution in [2.45, 2.75) is 4.90 Å². The molecule has 0 aliphatic carbocycles. The Morgan fingerprint density at radius 3 is 2.35 bits per heavy atom. The first-order valence-electron chi connectivity index (χ1n) is 10.4. The van der Waals surface area contributed by atoms with Gasteiger partial charge >= 0.3 is 0 Å². The number of H-pyrrole nitrogens is 1. The largest absolute Gasteiger partial charge is 0.345 e. The van der Waals surface area contributed by atoms with E-state index in [-0.39, 0.29) is 16.1 Å². The topological polar surface area (TPSA) is 83.1 Å². The number of halogens is 1. The number of hydrogen-bond donors (Lipinski definition) is 1. The maximum absolute atomic E-state index is 13.7. The fraction of sp³-hybridized carbons (Fsp3) is 0. The summed E-state index contributed by atoms with van der Waals surface area (Å²) in [5.41, 5.74) is 3.35. The van der Waals surface area contributed by atoms with E-state index in [4.69, 9.17) is 11.6 Å². The summed E-state index contributed by atoms with van der Waals surface area (Å²) >= 11 is 6.01. The van der Waals surface area contributed by atoms with Crippen LogP contribution in [-0.2, 0) is 10.0 Å². The summed E-state index contributed by atoms with van der Waals surface area (Å²) in [5, 5.41) is 0.595. The van der Waals surface area contributed by atoms with Crippen LogP contribution in [0.5, 0.6) is 0 Å². The van der Waals surface area contributed by atoms with Gasteiger partial charge in [0.15, 0.2) is 0 Å². The second-order valence-electron chi connectivity index (χ2n) is 7.58. The molecule has 0 bridgehead atoms. The number of aromatic nitrogens is 2. The van der Waals surface area contributed by atoms with Crippen LogP contribution in [0.2, 0.25) is 5.02 Å². The Morgan fingerprint density at radius 2 is 1.59 bits per heavy atom. The molecule has 0 aliphatic heterocycles. The minimum absolute atomic E-state index is 0.0165. The molecule has 0 spiro atoms. The van der Waals surface area contributed by atoms with Crippen LogP contribution in [0.1, 0.15) is 10.4 Å². The molecule has 0 atom stereocenters. The monoisotopic (exact) mass is 487 g/mol. The van der Waals surface area contributed by atoms with Crippen molar-refractivity contribution in [1.29, 1.82) is 0 Å². The number of amides is 1. The fourth-order valence-electron chi connectivity index (χ4n) is 3.70. The molecule has 0 fully saturated rings. The lowest BCUT2D eigenvalue weighted by Crippen LogP contribution is -2.37. The molecule has 4 aromatic carbocycles. The average Bonchev–Trinajstić information content (AvgIpc) is 3.33. The summed E-state index contributed by atoms with van der Waals surface area (Å²) < 4.78 is 28.3. The van der Waals surface area contributed by atoms with Gasteiger partial charge in [0.2, 0.25) is 0 Å². The highest BCUT2D eigenvalue weighted by Crippen LogP contribution is 2.31. The Kier molecular flexibility index (Phi) is 5.65. The van der Waals surface area contributed by atoms with Crippen LogP contribution in [-0.4, -0.2) is 24.3 Å². The number of aromatic amines is 1. The van der Waals surface area contributed by atoms with Gasteiger partial charge in [-0.25, -0.2) is 13.4 Å². The lowest BCUT2D eigenvalue weighted by Gasteiger charge is -2.23. The summed E-state index contributed by atoms with van der Waals surface area (Å²) in [6.45, 7) is 0. The third-order valence-corrected chi connectivity index (χ3v) is 7.37. The van der Waals surface area contributed by atoms with Crippen LogP contribution < -0.4 is 4.31 Å². The quantitative estimate of drug-likeness (QED) is 0.333. The first kappa shape index (κ1) is 21.9. The normalized spacial score (nSPS) is 11.4. The van der Waals surface area contributed by atoms with Crippen molar-refractivity contribution in [1.82, 2.24) is 9.97 Å². The van der Waals surface area contributed by atoms with Crippen molar-refractivity contribution >= 4 is 44.3 Å². The van der Waals surface area contributed by atoms with E-state index >= 15 is 0 Å². The molecule has 0 radical (unpaired) electrons. The molecule has 8 heteroatoms. The number of nitrogens with zero attached hydrogens (tertiary/aromatic N) is 2. The smallest absolute Gasteiger partial charge is 0.272 e. The first-order chi connectivity index (χ1) is 16.4. The predicted octanol–water partition coefficient (Wildman–Crippen LogP) is 5.92. The van der Waals surface area contributed by atoms with Crippen LogP contribution in [0.3, 0.4) is 0 Å². The second kappa shape index (κ2) is 8.78. The van der Waals surface area contributed by atoms with E-state index in [1.54, 1.807) is 66.7 Å².